The van der Waals surface area contributed by atoms with E-state index in [1.807, 2.05) is 0 Å². The van der Waals surface area contributed by atoms with Gasteiger partial charge >= 0.3 is 11.9 Å². The number of rotatable bonds is 26. The zero-order valence-electron chi connectivity index (χ0n) is 22.7. The molecule has 0 aliphatic heterocycles. The number of esters is 1. The van der Waals surface area contributed by atoms with Crippen LogP contribution in [0.1, 0.15) is 162 Å². The summed E-state index contributed by atoms with van der Waals surface area (Å²) in [5, 5.41) is 8.66. The number of aliphatic carboxylic acids is 1. The number of hydrogen-bond donors (Lipinski definition) is 1. The van der Waals surface area contributed by atoms with Crippen molar-refractivity contribution in [2.75, 3.05) is 0 Å². The van der Waals surface area contributed by atoms with E-state index in [4.69, 9.17) is 9.84 Å². The first-order valence-corrected chi connectivity index (χ1v) is 14.7. The van der Waals surface area contributed by atoms with Gasteiger partial charge in [0.25, 0.3) is 0 Å². The lowest BCUT2D eigenvalue weighted by molar-refractivity contribution is -0.150. The molecule has 1 unspecified atom stereocenters. The normalized spacial score (nSPS) is 12.3. The second kappa shape index (κ2) is 26.3. The van der Waals surface area contributed by atoms with E-state index in [2.05, 4.69) is 26.0 Å². The van der Waals surface area contributed by atoms with Crippen molar-refractivity contribution in [3.8, 4) is 0 Å². The molecule has 0 saturated carbocycles. The quantitative estimate of drug-likeness (QED) is 0.0760. The second-order valence-electron chi connectivity index (χ2n) is 9.94. The van der Waals surface area contributed by atoms with Crippen molar-refractivity contribution in [1.82, 2.24) is 0 Å². The van der Waals surface area contributed by atoms with Gasteiger partial charge in [0, 0.05) is 12.8 Å². The molecule has 1 N–H and O–H groups in total. The van der Waals surface area contributed by atoms with Gasteiger partial charge in [0.2, 0.25) is 0 Å². The van der Waals surface area contributed by atoms with Crippen molar-refractivity contribution in [1.29, 1.82) is 0 Å². The van der Waals surface area contributed by atoms with Crippen molar-refractivity contribution in [3.63, 3.8) is 0 Å². The van der Waals surface area contributed by atoms with Crippen LogP contribution in [0, 0.1) is 0 Å². The van der Waals surface area contributed by atoms with Gasteiger partial charge in [0.05, 0.1) is 0 Å². The van der Waals surface area contributed by atoms with Gasteiger partial charge in [-0.25, -0.2) is 0 Å². The first kappa shape index (κ1) is 32.7. The molecule has 34 heavy (non-hydrogen) atoms. The van der Waals surface area contributed by atoms with Crippen LogP contribution in [0.2, 0.25) is 0 Å². The highest BCUT2D eigenvalue weighted by Gasteiger charge is 2.13. The Kier molecular flexibility index (Phi) is 25.3. The monoisotopic (exact) mass is 480 g/mol. The average Bonchev–Trinajstić information content (AvgIpc) is 2.81. The van der Waals surface area contributed by atoms with Crippen molar-refractivity contribution >= 4 is 11.9 Å². The summed E-state index contributed by atoms with van der Waals surface area (Å²) in [4.78, 5) is 22.8. The van der Waals surface area contributed by atoms with E-state index < -0.39 is 5.97 Å². The molecule has 0 saturated heterocycles. The lowest BCUT2D eigenvalue weighted by Gasteiger charge is -2.18. The standard InChI is InChI=1S/C30H56O4/c1-3-5-7-8-9-10-11-12-13-17-20-23-27-30(33)34-28(24-6-4-2)25-21-18-15-14-16-19-22-26-29(31)32/h8-9,28H,3-7,10-27H2,1-2H3,(H,31,32)/b9-8-. The summed E-state index contributed by atoms with van der Waals surface area (Å²) < 4.78 is 5.83. The Morgan fingerprint density at radius 1 is 0.618 bits per heavy atom. The molecule has 0 amide bonds. The molecular weight excluding hydrogens is 424 g/mol. The predicted molar refractivity (Wildman–Crippen MR) is 144 cm³/mol. The smallest absolute Gasteiger partial charge is 0.306 e. The van der Waals surface area contributed by atoms with Crippen molar-refractivity contribution in [3.05, 3.63) is 12.2 Å². The number of allylic oxidation sites excluding steroid dienone is 2. The summed E-state index contributed by atoms with van der Waals surface area (Å²) in [6.07, 6.45) is 29.6. The number of hydrogen-bond acceptors (Lipinski definition) is 3. The van der Waals surface area contributed by atoms with Gasteiger partial charge in [-0.2, -0.15) is 0 Å². The number of carbonyl (C=O) groups excluding carboxylic acids is 1. The van der Waals surface area contributed by atoms with E-state index in [-0.39, 0.29) is 12.1 Å². The fraction of sp³-hybridized carbons (Fsp3) is 0.867. The summed E-state index contributed by atoms with van der Waals surface area (Å²) in [6, 6.07) is 0. The van der Waals surface area contributed by atoms with Gasteiger partial charge in [0.15, 0.2) is 0 Å². The number of ether oxygens (including phenoxy) is 1. The third-order valence-electron chi connectivity index (χ3n) is 6.49. The van der Waals surface area contributed by atoms with Crippen LogP contribution >= 0.6 is 0 Å². The van der Waals surface area contributed by atoms with Crippen LogP contribution in [0.5, 0.6) is 0 Å². The minimum absolute atomic E-state index is 0.00301. The molecule has 200 valence electrons. The largest absolute Gasteiger partial charge is 0.481 e. The first-order valence-electron chi connectivity index (χ1n) is 14.7. The van der Waals surface area contributed by atoms with E-state index in [0.29, 0.717) is 12.8 Å². The van der Waals surface area contributed by atoms with Gasteiger partial charge in [-0.1, -0.05) is 109 Å². The molecule has 0 heterocycles. The minimum atomic E-state index is -0.690. The maximum Gasteiger partial charge on any atom is 0.306 e. The molecule has 4 heteroatoms. The van der Waals surface area contributed by atoms with Crippen molar-refractivity contribution < 1.29 is 19.4 Å². The molecule has 0 aliphatic carbocycles. The Balaban J connectivity index is 3.72. The van der Waals surface area contributed by atoms with Crippen LogP contribution in [-0.2, 0) is 14.3 Å². The molecule has 0 bridgehead atoms. The highest BCUT2D eigenvalue weighted by atomic mass is 16.5. The lowest BCUT2D eigenvalue weighted by atomic mass is 10.0. The van der Waals surface area contributed by atoms with Gasteiger partial charge in [-0.05, 0) is 51.4 Å². The fourth-order valence-electron chi connectivity index (χ4n) is 4.27. The molecule has 0 aliphatic rings. The maximum absolute atomic E-state index is 12.3. The highest BCUT2D eigenvalue weighted by Crippen LogP contribution is 2.17. The van der Waals surface area contributed by atoms with Crippen LogP contribution in [-0.4, -0.2) is 23.1 Å². The zero-order chi connectivity index (χ0) is 25.1. The highest BCUT2D eigenvalue weighted by molar-refractivity contribution is 5.69. The fourth-order valence-corrected chi connectivity index (χ4v) is 4.27. The molecule has 4 nitrogen and oxygen atoms in total. The molecule has 1 atom stereocenters. The van der Waals surface area contributed by atoms with E-state index >= 15 is 0 Å². The Hall–Kier alpha value is -1.32. The Morgan fingerprint density at radius 2 is 1.09 bits per heavy atom. The van der Waals surface area contributed by atoms with Crippen LogP contribution in [0.3, 0.4) is 0 Å². The van der Waals surface area contributed by atoms with Crippen LogP contribution in [0.15, 0.2) is 12.2 Å². The molecule has 0 radical (unpaired) electrons. The van der Waals surface area contributed by atoms with E-state index in [0.717, 1.165) is 64.2 Å². The van der Waals surface area contributed by atoms with Crippen LogP contribution in [0.25, 0.3) is 0 Å². The summed E-state index contributed by atoms with van der Waals surface area (Å²) in [5.41, 5.74) is 0. The third kappa shape index (κ3) is 25.3. The Morgan fingerprint density at radius 3 is 1.68 bits per heavy atom. The minimum Gasteiger partial charge on any atom is -0.481 e. The lowest BCUT2D eigenvalue weighted by Crippen LogP contribution is -2.18. The van der Waals surface area contributed by atoms with Gasteiger partial charge in [-0.3, -0.25) is 9.59 Å². The zero-order valence-corrected chi connectivity index (χ0v) is 22.7. The van der Waals surface area contributed by atoms with E-state index in [9.17, 15) is 9.59 Å². The summed E-state index contributed by atoms with van der Waals surface area (Å²) >= 11 is 0. The molecule has 0 rings (SSSR count). The van der Waals surface area contributed by atoms with Gasteiger partial charge in [-0.15, -0.1) is 0 Å². The summed E-state index contributed by atoms with van der Waals surface area (Å²) in [5.74, 6) is -0.693. The molecule has 0 aromatic heterocycles. The topological polar surface area (TPSA) is 63.6 Å². The van der Waals surface area contributed by atoms with E-state index in [1.54, 1.807) is 0 Å². The first-order chi connectivity index (χ1) is 16.6. The third-order valence-corrected chi connectivity index (χ3v) is 6.49. The molecule has 0 aromatic rings. The Labute approximate surface area is 211 Å². The number of carboxylic acids is 1. The van der Waals surface area contributed by atoms with Gasteiger partial charge < -0.3 is 9.84 Å². The maximum atomic E-state index is 12.3. The molecular formula is C30H56O4. The van der Waals surface area contributed by atoms with Crippen molar-refractivity contribution in [2.45, 2.75) is 168 Å². The molecule has 0 spiro atoms. The average molecular weight is 481 g/mol. The number of carbonyl (C=O) groups is 2. The summed E-state index contributed by atoms with van der Waals surface area (Å²) in [6.45, 7) is 4.42. The van der Waals surface area contributed by atoms with Crippen LogP contribution < -0.4 is 0 Å². The van der Waals surface area contributed by atoms with Crippen molar-refractivity contribution in [2.24, 2.45) is 0 Å². The SMILES string of the molecule is CCCC/C=C\CCCCCCCCC(=O)OC(CCCC)CCCCCCCCCC(=O)O. The molecule has 0 fully saturated rings. The van der Waals surface area contributed by atoms with E-state index in [1.165, 1.54) is 70.6 Å². The predicted octanol–water partition coefficient (Wildman–Crippen LogP) is 9.55. The number of carboxylic acid groups (broad SMARTS) is 1. The molecule has 0 aromatic carbocycles. The second-order valence-corrected chi connectivity index (χ2v) is 9.94. The van der Waals surface area contributed by atoms with Crippen LogP contribution in [0.4, 0.5) is 0 Å². The Bertz CT molecular complexity index is 486. The number of unbranched alkanes of at least 4 members (excludes halogenated alkanes) is 15. The van der Waals surface area contributed by atoms with Gasteiger partial charge in [0.1, 0.15) is 6.10 Å². The summed E-state index contributed by atoms with van der Waals surface area (Å²) in [7, 11) is 0.